The van der Waals surface area contributed by atoms with Crippen LogP contribution < -0.4 is 0 Å². The minimum absolute atomic E-state index is 0.136. The Labute approximate surface area is 206 Å². The molecule has 34 heavy (non-hydrogen) atoms. The number of hydrogen-bond acceptors (Lipinski definition) is 5. The van der Waals surface area contributed by atoms with Gasteiger partial charge in [-0.15, -0.1) is 0 Å². The van der Waals surface area contributed by atoms with E-state index < -0.39 is 40.0 Å². The number of rotatable bonds is 1. The molecule has 0 radical (unpaired) electrons. The number of fused-ring (bicyclic) bond motifs is 9. The molecule has 180 valence electrons. The van der Waals surface area contributed by atoms with Crippen molar-refractivity contribution < 1.29 is 24.9 Å². The average Bonchev–Trinajstić information content (AvgIpc) is 3.24. The normalized spacial score (nSPS) is 38.9. The molecule has 6 atom stereocenters. The minimum atomic E-state index is -1.68. The molecule has 1 aromatic heterocycles. The molecule has 0 unspecified atom stereocenters. The zero-order chi connectivity index (χ0) is 24.4. The van der Waals surface area contributed by atoms with Crippen LogP contribution in [0.15, 0.2) is 46.2 Å². The van der Waals surface area contributed by atoms with Crippen LogP contribution in [-0.2, 0) is 21.4 Å². The third kappa shape index (κ3) is 2.49. The van der Waals surface area contributed by atoms with Crippen molar-refractivity contribution in [2.24, 2.45) is 11.3 Å². The molecule has 1 saturated carbocycles. The second-order valence-corrected chi connectivity index (χ2v) is 12.4. The van der Waals surface area contributed by atoms with Crippen molar-refractivity contribution in [1.29, 1.82) is 0 Å². The van der Waals surface area contributed by atoms with E-state index in [4.69, 9.17) is 4.74 Å². The number of H-pyrrole nitrogens is 1. The van der Waals surface area contributed by atoms with Crippen LogP contribution >= 0.6 is 15.9 Å². The van der Waals surface area contributed by atoms with Crippen LogP contribution in [0.1, 0.15) is 51.8 Å². The van der Waals surface area contributed by atoms with Crippen molar-refractivity contribution in [3.05, 3.63) is 57.4 Å². The molecular formula is C27H30BrNO5. The monoisotopic (exact) mass is 527 g/mol. The predicted molar refractivity (Wildman–Crippen MR) is 131 cm³/mol. The molecule has 4 aliphatic rings. The molecule has 0 saturated heterocycles. The second-order valence-electron chi connectivity index (χ2n) is 11.5. The fourth-order valence-corrected chi connectivity index (χ4v) is 7.77. The van der Waals surface area contributed by atoms with Crippen molar-refractivity contribution >= 4 is 32.6 Å². The highest BCUT2D eigenvalue weighted by molar-refractivity contribution is 9.10. The van der Waals surface area contributed by atoms with Gasteiger partial charge in [0.25, 0.3) is 0 Å². The van der Waals surface area contributed by atoms with Gasteiger partial charge >= 0.3 is 0 Å². The lowest BCUT2D eigenvalue weighted by Gasteiger charge is -2.64. The van der Waals surface area contributed by atoms with Crippen LogP contribution in [0.5, 0.6) is 0 Å². The Hall–Kier alpha value is -1.93. The number of nitrogens with one attached hydrogen (secondary N) is 1. The molecule has 6 nitrogen and oxygen atoms in total. The molecule has 4 N–H and O–H groups in total. The van der Waals surface area contributed by atoms with E-state index in [1.807, 2.05) is 19.1 Å². The Morgan fingerprint density at radius 2 is 2.00 bits per heavy atom. The first kappa shape index (κ1) is 22.5. The van der Waals surface area contributed by atoms with Gasteiger partial charge in [-0.25, -0.2) is 0 Å². The largest absolute Gasteiger partial charge is 0.479 e. The lowest BCUT2D eigenvalue weighted by Crippen LogP contribution is -2.71. The first-order valence-electron chi connectivity index (χ1n) is 11.9. The van der Waals surface area contributed by atoms with E-state index in [2.05, 4.69) is 40.0 Å². The van der Waals surface area contributed by atoms with Crippen LogP contribution in [0.2, 0.25) is 0 Å². The lowest BCUT2D eigenvalue weighted by atomic mass is 9.43. The van der Waals surface area contributed by atoms with Crippen molar-refractivity contribution in [2.45, 2.75) is 75.8 Å². The van der Waals surface area contributed by atoms with E-state index in [1.165, 1.54) is 25.5 Å². The fraction of sp³-hybridized carbons (Fsp3) is 0.519. The Morgan fingerprint density at radius 1 is 1.26 bits per heavy atom. The summed E-state index contributed by atoms with van der Waals surface area (Å²) in [6, 6.07) is 6.21. The van der Waals surface area contributed by atoms with Gasteiger partial charge in [-0.3, -0.25) is 4.79 Å². The van der Waals surface area contributed by atoms with Crippen molar-refractivity contribution in [3.8, 4) is 0 Å². The molecule has 3 aliphatic carbocycles. The first-order valence-corrected chi connectivity index (χ1v) is 12.7. The van der Waals surface area contributed by atoms with Crippen LogP contribution in [0.4, 0.5) is 0 Å². The average molecular weight is 528 g/mol. The minimum Gasteiger partial charge on any atom is -0.479 e. The summed E-state index contributed by atoms with van der Waals surface area (Å²) in [4.78, 5) is 16.6. The Balaban J connectivity index is 1.55. The molecule has 7 heteroatoms. The van der Waals surface area contributed by atoms with E-state index in [0.717, 1.165) is 27.5 Å². The maximum absolute atomic E-state index is 13.0. The predicted octanol–water partition coefficient (Wildman–Crippen LogP) is 3.82. The number of aliphatic hydroxyl groups is 3. The summed E-state index contributed by atoms with van der Waals surface area (Å²) in [6.07, 6.45) is 2.90. The summed E-state index contributed by atoms with van der Waals surface area (Å²) in [5.41, 5.74) is -0.593. The SMILES string of the molecule is CC(C)(O)[C@H]1OC2=CC[C@]3(C)[C@@]4(C)c5[nH]c6ccc(Br)cc6c5C[C@@H]4C[C@H](O)[C@@]3(O)C2=CC1=O. The number of benzene rings is 1. The van der Waals surface area contributed by atoms with Crippen LogP contribution in [0, 0.1) is 11.3 Å². The van der Waals surface area contributed by atoms with Gasteiger partial charge < -0.3 is 25.0 Å². The molecule has 1 aliphatic heterocycles. The van der Waals surface area contributed by atoms with Crippen molar-refractivity contribution in [3.63, 3.8) is 0 Å². The number of ether oxygens (including phenoxy) is 1. The summed E-state index contributed by atoms with van der Waals surface area (Å²) < 4.78 is 6.97. The van der Waals surface area contributed by atoms with E-state index >= 15 is 0 Å². The molecule has 0 amide bonds. The molecule has 2 aromatic rings. The Bertz CT molecular complexity index is 1320. The molecule has 1 fully saturated rings. The summed E-state index contributed by atoms with van der Waals surface area (Å²) in [7, 11) is 0. The molecule has 2 heterocycles. The molecule has 1 aromatic carbocycles. The number of ketones is 1. The zero-order valence-corrected chi connectivity index (χ0v) is 21.4. The van der Waals surface area contributed by atoms with Crippen molar-refractivity contribution in [2.75, 3.05) is 0 Å². The van der Waals surface area contributed by atoms with Gasteiger partial charge in [0.2, 0.25) is 0 Å². The van der Waals surface area contributed by atoms with Gasteiger partial charge in [0.1, 0.15) is 17.0 Å². The van der Waals surface area contributed by atoms with Gasteiger partial charge in [0.05, 0.1) is 6.10 Å². The van der Waals surface area contributed by atoms with Gasteiger partial charge in [-0.2, -0.15) is 0 Å². The first-order chi connectivity index (χ1) is 15.8. The molecular weight excluding hydrogens is 498 g/mol. The summed E-state index contributed by atoms with van der Waals surface area (Å²) in [5, 5.41) is 35.5. The summed E-state index contributed by atoms with van der Waals surface area (Å²) in [6.45, 7) is 7.28. The summed E-state index contributed by atoms with van der Waals surface area (Å²) >= 11 is 3.59. The van der Waals surface area contributed by atoms with Crippen molar-refractivity contribution in [1.82, 2.24) is 4.98 Å². The molecule has 6 rings (SSSR count). The van der Waals surface area contributed by atoms with E-state index in [1.54, 1.807) is 0 Å². The maximum atomic E-state index is 13.0. The zero-order valence-electron chi connectivity index (χ0n) is 19.8. The van der Waals surface area contributed by atoms with Gasteiger partial charge in [0.15, 0.2) is 11.9 Å². The van der Waals surface area contributed by atoms with Crippen LogP contribution in [-0.4, -0.2) is 49.5 Å². The van der Waals surface area contributed by atoms with Gasteiger partial charge in [0, 0.05) is 37.5 Å². The van der Waals surface area contributed by atoms with E-state index in [9.17, 15) is 20.1 Å². The van der Waals surface area contributed by atoms with Crippen LogP contribution in [0.25, 0.3) is 10.9 Å². The van der Waals surface area contributed by atoms with E-state index in [-0.39, 0.29) is 5.92 Å². The third-order valence-electron chi connectivity index (χ3n) is 9.44. The van der Waals surface area contributed by atoms with E-state index in [0.29, 0.717) is 24.2 Å². The standard InChI is InChI=1S/C27H30BrNO5/c1-24(2,32)23-19(30)12-17-20(34-23)7-8-25(3)26(4)13(10-21(31)27(17,25)33)9-16-15-11-14(28)5-6-18(15)29-22(16)26/h5-7,11-13,21,23,29,31-33H,8-10H2,1-4H3/t13-,21+,23+,25-,26-,27+/m1/s1. The second kappa shape index (κ2) is 6.64. The summed E-state index contributed by atoms with van der Waals surface area (Å²) in [5.74, 6) is 0.114. The Kier molecular flexibility index (Phi) is 4.40. The fourth-order valence-electron chi connectivity index (χ4n) is 7.41. The number of aliphatic hydroxyl groups excluding tert-OH is 1. The smallest absolute Gasteiger partial charge is 0.199 e. The van der Waals surface area contributed by atoms with Crippen LogP contribution in [0.3, 0.4) is 0 Å². The number of allylic oxidation sites excluding steroid dienone is 1. The highest BCUT2D eigenvalue weighted by Crippen LogP contribution is 2.68. The highest BCUT2D eigenvalue weighted by atomic mass is 79.9. The topological polar surface area (TPSA) is 103 Å². The van der Waals surface area contributed by atoms with Gasteiger partial charge in [-0.1, -0.05) is 29.8 Å². The van der Waals surface area contributed by atoms with Gasteiger partial charge in [-0.05, 0) is 74.9 Å². The molecule has 0 bridgehead atoms. The third-order valence-corrected chi connectivity index (χ3v) is 9.93. The highest BCUT2D eigenvalue weighted by Gasteiger charge is 2.72. The lowest BCUT2D eigenvalue weighted by molar-refractivity contribution is -0.207. The quantitative estimate of drug-likeness (QED) is 0.451. The number of carbonyl (C=O) groups excluding carboxylic acids is 1. The maximum Gasteiger partial charge on any atom is 0.199 e. The number of carbonyl (C=O) groups is 1. The number of aromatic amines is 1. The Morgan fingerprint density at radius 3 is 2.71 bits per heavy atom. The molecule has 0 spiro atoms. The number of hydrogen-bond donors (Lipinski definition) is 4. The number of aromatic nitrogens is 1. The number of halogens is 1.